The van der Waals surface area contributed by atoms with Crippen LogP contribution in [-0.2, 0) is 0 Å². The van der Waals surface area contributed by atoms with Gasteiger partial charge in [-0.15, -0.1) is 10.2 Å². The fourth-order valence-corrected chi connectivity index (χ4v) is 2.05. The summed E-state index contributed by atoms with van der Waals surface area (Å²) in [6.45, 7) is 1.84. The predicted molar refractivity (Wildman–Crippen MR) is 84.0 cm³/mol. The lowest BCUT2D eigenvalue weighted by Crippen LogP contribution is -1.76. The number of aromatic hydroxyl groups is 1. The number of hydrogen-bond donors (Lipinski definition) is 1. The summed E-state index contributed by atoms with van der Waals surface area (Å²) in [5.41, 5.74) is 2.16. The highest BCUT2D eigenvalue weighted by molar-refractivity contribution is 6.31. The second-order valence-corrected chi connectivity index (χ2v) is 5.00. The van der Waals surface area contributed by atoms with E-state index in [0.29, 0.717) is 10.7 Å². The Morgan fingerprint density at radius 3 is 2.59 bits per heavy atom. The summed E-state index contributed by atoms with van der Waals surface area (Å²) < 4.78 is 5.21. The third kappa shape index (κ3) is 2.84. The molecule has 0 aliphatic heterocycles. The van der Waals surface area contributed by atoms with E-state index in [2.05, 4.69) is 15.2 Å². The maximum absolute atomic E-state index is 9.79. The van der Waals surface area contributed by atoms with E-state index < -0.39 is 0 Å². The van der Waals surface area contributed by atoms with E-state index in [1.807, 2.05) is 37.3 Å². The monoisotopic (exact) mass is 313 g/mol. The molecule has 110 valence electrons. The lowest BCUT2D eigenvalue weighted by Gasteiger charge is -1.99. The van der Waals surface area contributed by atoms with Crippen molar-refractivity contribution in [3.8, 4) is 17.4 Å². The molecule has 0 saturated carbocycles. The van der Waals surface area contributed by atoms with Crippen LogP contribution in [-0.4, -0.2) is 10.1 Å². The summed E-state index contributed by atoms with van der Waals surface area (Å²) in [7, 11) is 0. The van der Waals surface area contributed by atoms with Gasteiger partial charge in [0.1, 0.15) is 0 Å². The van der Waals surface area contributed by atoms with Gasteiger partial charge in [0, 0.05) is 10.6 Å². The predicted octanol–water partition coefficient (Wildman–Crippen LogP) is 5.42. The molecule has 0 aliphatic rings. The number of oxazole rings is 1. The molecule has 6 heteroatoms. The highest BCUT2D eigenvalue weighted by atomic mass is 35.5. The van der Waals surface area contributed by atoms with Crippen LogP contribution in [0, 0.1) is 6.92 Å². The summed E-state index contributed by atoms with van der Waals surface area (Å²) in [4.78, 5) is 4.14. The molecule has 0 radical (unpaired) electrons. The van der Waals surface area contributed by atoms with Crippen molar-refractivity contribution in [2.75, 3.05) is 0 Å². The van der Waals surface area contributed by atoms with Gasteiger partial charge in [-0.05, 0) is 36.8 Å². The first kappa shape index (κ1) is 14.3. The Bertz CT molecular complexity index is 829. The zero-order chi connectivity index (χ0) is 15.5. The van der Waals surface area contributed by atoms with Crippen molar-refractivity contribution < 1.29 is 9.52 Å². The van der Waals surface area contributed by atoms with Crippen molar-refractivity contribution >= 4 is 23.1 Å². The normalized spacial score (nSPS) is 11.2. The van der Waals surface area contributed by atoms with Crippen LogP contribution in [0.3, 0.4) is 0 Å². The van der Waals surface area contributed by atoms with Gasteiger partial charge in [0.15, 0.2) is 0 Å². The number of benzene rings is 2. The zero-order valence-electron chi connectivity index (χ0n) is 11.7. The number of halogens is 1. The molecule has 0 unspecified atom stereocenters. The van der Waals surface area contributed by atoms with E-state index in [1.165, 1.54) is 0 Å². The number of hydrogen-bond acceptors (Lipinski definition) is 5. The molecule has 1 aromatic heterocycles. The lowest BCUT2D eigenvalue weighted by atomic mass is 10.2. The quantitative estimate of drug-likeness (QED) is 0.656. The van der Waals surface area contributed by atoms with Gasteiger partial charge >= 0.3 is 5.95 Å². The molecule has 0 amide bonds. The molecule has 22 heavy (non-hydrogen) atoms. The minimum absolute atomic E-state index is 0.0261. The van der Waals surface area contributed by atoms with E-state index in [4.69, 9.17) is 16.0 Å². The zero-order valence-corrected chi connectivity index (χ0v) is 12.4. The van der Waals surface area contributed by atoms with Gasteiger partial charge in [-0.3, -0.25) is 0 Å². The number of rotatable bonds is 3. The molecule has 0 spiro atoms. The molecular weight excluding hydrogens is 302 g/mol. The Kier molecular flexibility index (Phi) is 3.89. The largest absolute Gasteiger partial charge is 0.478 e. The standard InChI is InChI=1S/C16H12ClN3O2/c1-10-12(17)8-5-9-13(10)19-20-14-16(21)22-15(18-14)11-6-3-2-4-7-11/h2-9,21H,1H3. The highest BCUT2D eigenvalue weighted by Gasteiger charge is 2.13. The first-order valence-electron chi connectivity index (χ1n) is 6.57. The van der Waals surface area contributed by atoms with Crippen LogP contribution < -0.4 is 0 Å². The Hall–Kier alpha value is -2.66. The van der Waals surface area contributed by atoms with Crippen LogP contribution in [0.15, 0.2) is 63.2 Å². The molecular formula is C16H12ClN3O2. The number of aromatic nitrogens is 1. The second kappa shape index (κ2) is 5.99. The van der Waals surface area contributed by atoms with Crippen LogP contribution in [0.1, 0.15) is 5.56 Å². The van der Waals surface area contributed by atoms with E-state index in [-0.39, 0.29) is 17.7 Å². The van der Waals surface area contributed by atoms with Gasteiger partial charge in [0.2, 0.25) is 5.89 Å². The molecule has 3 rings (SSSR count). The van der Waals surface area contributed by atoms with Crippen molar-refractivity contribution in [1.29, 1.82) is 0 Å². The number of nitrogens with zero attached hydrogens (tertiary/aromatic N) is 3. The lowest BCUT2D eigenvalue weighted by molar-refractivity contribution is 0.338. The van der Waals surface area contributed by atoms with Crippen LogP contribution in [0.25, 0.3) is 11.5 Å². The van der Waals surface area contributed by atoms with Gasteiger partial charge in [-0.1, -0.05) is 35.9 Å². The van der Waals surface area contributed by atoms with Gasteiger partial charge in [-0.2, -0.15) is 4.98 Å². The Balaban J connectivity index is 1.92. The SMILES string of the molecule is Cc1c(Cl)cccc1N=Nc1nc(-c2ccccc2)oc1O. The molecule has 5 nitrogen and oxygen atoms in total. The maximum atomic E-state index is 9.79. The van der Waals surface area contributed by atoms with Crippen molar-refractivity contribution in [2.45, 2.75) is 6.92 Å². The molecule has 1 N–H and O–H groups in total. The van der Waals surface area contributed by atoms with Gasteiger partial charge in [-0.25, -0.2) is 0 Å². The molecule has 0 atom stereocenters. The van der Waals surface area contributed by atoms with Crippen molar-refractivity contribution in [1.82, 2.24) is 4.98 Å². The van der Waals surface area contributed by atoms with Crippen molar-refractivity contribution in [3.05, 3.63) is 59.1 Å². The highest BCUT2D eigenvalue weighted by Crippen LogP contribution is 2.34. The fourth-order valence-electron chi connectivity index (χ4n) is 1.88. The third-order valence-corrected chi connectivity index (χ3v) is 3.51. The van der Waals surface area contributed by atoms with E-state index in [9.17, 15) is 5.11 Å². The minimum atomic E-state index is -0.373. The van der Waals surface area contributed by atoms with Crippen LogP contribution in [0.2, 0.25) is 5.02 Å². The number of azo groups is 1. The molecule has 0 saturated heterocycles. The third-order valence-electron chi connectivity index (χ3n) is 3.10. The van der Waals surface area contributed by atoms with Crippen LogP contribution in [0.4, 0.5) is 11.5 Å². The Morgan fingerprint density at radius 2 is 1.82 bits per heavy atom. The summed E-state index contributed by atoms with van der Waals surface area (Å²) in [6.07, 6.45) is 0. The Labute approximate surface area is 131 Å². The smallest absolute Gasteiger partial charge is 0.332 e. The minimum Gasteiger partial charge on any atom is -0.478 e. The topological polar surface area (TPSA) is 71.0 Å². The van der Waals surface area contributed by atoms with E-state index in [1.54, 1.807) is 18.2 Å². The molecule has 0 bridgehead atoms. The average Bonchev–Trinajstić information content (AvgIpc) is 2.91. The average molecular weight is 314 g/mol. The fraction of sp³-hybridized carbons (Fsp3) is 0.0625. The first-order chi connectivity index (χ1) is 10.6. The first-order valence-corrected chi connectivity index (χ1v) is 6.95. The van der Waals surface area contributed by atoms with Crippen molar-refractivity contribution in [2.24, 2.45) is 10.2 Å². The van der Waals surface area contributed by atoms with Gasteiger partial charge < -0.3 is 9.52 Å². The van der Waals surface area contributed by atoms with Crippen LogP contribution in [0.5, 0.6) is 5.95 Å². The van der Waals surface area contributed by atoms with E-state index in [0.717, 1.165) is 11.1 Å². The summed E-state index contributed by atoms with van der Waals surface area (Å²) in [5.74, 6) is -0.0598. The molecule has 3 aromatic rings. The van der Waals surface area contributed by atoms with E-state index >= 15 is 0 Å². The molecule has 0 aliphatic carbocycles. The van der Waals surface area contributed by atoms with Gasteiger partial charge in [0.25, 0.3) is 5.82 Å². The van der Waals surface area contributed by atoms with Crippen LogP contribution >= 0.6 is 11.6 Å². The summed E-state index contributed by atoms with van der Waals surface area (Å²) >= 11 is 6.03. The second-order valence-electron chi connectivity index (χ2n) is 4.60. The molecule has 0 fully saturated rings. The Morgan fingerprint density at radius 1 is 1.05 bits per heavy atom. The van der Waals surface area contributed by atoms with Gasteiger partial charge in [0.05, 0.1) is 5.69 Å². The van der Waals surface area contributed by atoms with Crippen molar-refractivity contribution in [3.63, 3.8) is 0 Å². The molecule has 1 heterocycles. The molecule has 2 aromatic carbocycles. The summed E-state index contributed by atoms with van der Waals surface area (Å²) in [5, 5.41) is 18.4. The summed E-state index contributed by atoms with van der Waals surface area (Å²) in [6, 6.07) is 14.6. The maximum Gasteiger partial charge on any atom is 0.332 e.